The van der Waals surface area contributed by atoms with E-state index in [1.165, 1.54) is 0 Å². The van der Waals surface area contributed by atoms with Crippen LogP contribution >= 0.6 is 27.5 Å². The number of para-hydroxylation sites is 1. The highest BCUT2D eigenvalue weighted by Gasteiger charge is 2.10. The van der Waals surface area contributed by atoms with Crippen molar-refractivity contribution in [2.75, 3.05) is 0 Å². The molecule has 0 unspecified atom stereocenters. The Hall–Kier alpha value is -1.65. The molecule has 5 heteroatoms. The summed E-state index contributed by atoms with van der Waals surface area (Å²) in [7, 11) is 0. The summed E-state index contributed by atoms with van der Waals surface area (Å²) in [5.41, 5.74) is 1.66. The molecular formula is C16H12BrClN2O. The van der Waals surface area contributed by atoms with Gasteiger partial charge in [-0.1, -0.05) is 40.2 Å². The zero-order valence-electron chi connectivity index (χ0n) is 11.1. The standard InChI is InChI=1S/C16H12BrClN2O/c17-12-7-5-11(6-8-12)10-20-15(9-18)19-14-4-2-1-3-13(14)16(20)21/h1-8H,9-10H2. The average molecular weight is 364 g/mol. The van der Waals surface area contributed by atoms with E-state index in [1.807, 2.05) is 42.5 Å². The second-order valence-electron chi connectivity index (χ2n) is 4.70. The number of nitrogens with zero attached hydrogens (tertiary/aromatic N) is 2. The second-order valence-corrected chi connectivity index (χ2v) is 5.88. The molecular weight excluding hydrogens is 352 g/mol. The molecule has 0 aliphatic rings. The zero-order valence-corrected chi connectivity index (χ0v) is 13.4. The molecule has 0 saturated carbocycles. The van der Waals surface area contributed by atoms with E-state index < -0.39 is 0 Å². The van der Waals surface area contributed by atoms with Gasteiger partial charge in [0.15, 0.2) is 0 Å². The predicted octanol–water partition coefficient (Wildman–Crippen LogP) is 3.95. The van der Waals surface area contributed by atoms with Crippen LogP contribution in [0, 0.1) is 0 Å². The minimum absolute atomic E-state index is 0.0563. The van der Waals surface area contributed by atoms with E-state index in [2.05, 4.69) is 20.9 Å². The Morgan fingerprint density at radius 2 is 1.81 bits per heavy atom. The first-order valence-electron chi connectivity index (χ1n) is 6.48. The Morgan fingerprint density at radius 3 is 2.52 bits per heavy atom. The first-order valence-corrected chi connectivity index (χ1v) is 7.80. The fourth-order valence-corrected chi connectivity index (χ4v) is 2.72. The molecule has 2 aromatic carbocycles. The van der Waals surface area contributed by atoms with E-state index in [0.717, 1.165) is 10.0 Å². The van der Waals surface area contributed by atoms with Crippen LogP contribution < -0.4 is 5.56 Å². The summed E-state index contributed by atoms with van der Waals surface area (Å²) >= 11 is 9.37. The highest BCUT2D eigenvalue weighted by atomic mass is 79.9. The summed E-state index contributed by atoms with van der Waals surface area (Å²) < 4.78 is 2.64. The number of halogens is 2. The van der Waals surface area contributed by atoms with Gasteiger partial charge in [0.05, 0.1) is 23.3 Å². The fraction of sp³-hybridized carbons (Fsp3) is 0.125. The number of alkyl halides is 1. The lowest BCUT2D eigenvalue weighted by molar-refractivity contribution is 0.706. The minimum Gasteiger partial charge on any atom is -0.291 e. The van der Waals surface area contributed by atoms with Crippen LogP contribution in [0.4, 0.5) is 0 Å². The second kappa shape index (κ2) is 6.00. The Morgan fingerprint density at radius 1 is 1.10 bits per heavy atom. The van der Waals surface area contributed by atoms with E-state index in [0.29, 0.717) is 23.3 Å². The summed E-state index contributed by atoms with van der Waals surface area (Å²) in [6, 6.07) is 15.2. The van der Waals surface area contributed by atoms with Crippen molar-refractivity contribution in [1.82, 2.24) is 9.55 Å². The van der Waals surface area contributed by atoms with Gasteiger partial charge in [0.2, 0.25) is 0 Å². The molecule has 106 valence electrons. The fourth-order valence-electron chi connectivity index (χ4n) is 2.25. The van der Waals surface area contributed by atoms with Gasteiger partial charge in [-0.05, 0) is 29.8 Å². The van der Waals surface area contributed by atoms with Gasteiger partial charge < -0.3 is 0 Å². The number of aromatic nitrogens is 2. The summed E-state index contributed by atoms with van der Waals surface area (Å²) in [5, 5.41) is 0.614. The molecule has 0 aliphatic heterocycles. The molecule has 0 spiro atoms. The lowest BCUT2D eigenvalue weighted by Gasteiger charge is -2.12. The van der Waals surface area contributed by atoms with Crippen molar-refractivity contribution >= 4 is 38.4 Å². The van der Waals surface area contributed by atoms with Crippen molar-refractivity contribution in [1.29, 1.82) is 0 Å². The van der Waals surface area contributed by atoms with Crippen LogP contribution in [0.15, 0.2) is 57.8 Å². The molecule has 21 heavy (non-hydrogen) atoms. The molecule has 3 nitrogen and oxygen atoms in total. The molecule has 0 N–H and O–H groups in total. The molecule has 0 fully saturated rings. The maximum absolute atomic E-state index is 12.6. The van der Waals surface area contributed by atoms with Gasteiger partial charge in [-0.15, -0.1) is 11.6 Å². The summed E-state index contributed by atoms with van der Waals surface area (Å²) in [5.74, 6) is 0.791. The van der Waals surface area contributed by atoms with Crippen LogP contribution in [0.2, 0.25) is 0 Å². The zero-order chi connectivity index (χ0) is 14.8. The van der Waals surface area contributed by atoms with Gasteiger partial charge in [-0.25, -0.2) is 4.98 Å². The lowest BCUT2D eigenvalue weighted by atomic mass is 10.2. The maximum Gasteiger partial charge on any atom is 0.261 e. The van der Waals surface area contributed by atoms with E-state index >= 15 is 0 Å². The number of hydrogen-bond acceptors (Lipinski definition) is 2. The van der Waals surface area contributed by atoms with E-state index in [-0.39, 0.29) is 11.4 Å². The molecule has 3 aromatic rings. The molecule has 0 amide bonds. The quantitative estimate of drug-likeness (QED) is 0.661. The van der Waals surface area contributed by atoms with Crippen LogP contribution in [0.1, 0.15) is 11.4 Å². The first kappa shape index (κ1) is 14.3. The molecule has 0 saturated heterocycles. The Kier molecular flexibility index (Phi) is 4.08. The maximum atomic E-state index is 12.6. The van der Waals surface area contributed by atoms with Crippen molar-refractivity contribution in [3.63, 3.8) is 0 Å². The third-order valence-corrected chi connectivity index (χ3v) is 4.08. The van der Waals surface area contributed by atoms with Gasteiger partial charge in [0.25, 0.3) is 5.56 Å². The molecule has 0 atom stereocenters. The van der Waals surface area contributed by atoms with Crippen molar-refractivity contribution in [2.24, 2.45) is 0 Å². The SMILES string of the molecule is O=c1c2ccccc2nc(CCl)n1Cc1ccc(Br)cc1. The normalized spacial score (nSPS) is 11.0. The molecule has 3 rings (SSSR count). The number of hydrogen-bond donors (Lipinski definition) is 0. The molecule has 0 radical (unpaired) electrons. The van der Waals surface area contributed by atoms with Crippen molar-refractivity contribution in [2.45, 2.75) is 12.4 Å². The average Bonchev–Trinajstić information content (AvgIpc) is 2.52. The number of rotatable bonds is 3. The van der Waals surface area contributed by atoms with E-state index in [9.17, 15) is 4.79 Å². The van der Waals surface area contributed by atoms with Gasteiger partial charge in [0, 0.05) is 4.47 Å². The highest BCUT2D eigenvalue weighted by Crippen LogP contribution is 2.14. The lowest BCUT2D eigenvalue weighted by Crippen LogP contribution is -2.25. The van der Waals surface area contributed by atoms with Crippen LogP contribution in [0.5, 0.6) is 0 Å². The monoisotopic (exact) mass is 362 g/mol. The van der Waals surface area contributed by atoms with Crippen LogP contribution in [-0.4, -0.2) is 9.55 Å². The minimum atomic E-state index is -0.0563. The molecule has 0 bridgehead atoms. The van der Waals surface area contributed by atoms with Crippen LogP contribution in [0.25, 0.3) is 10.9 Å². The van der Waals surface area contributed by atoms with Crippen molar-refractivity contribution in [3.05, 3.63) is 74.7 Å². The third kappa shape index (κ3) is 2.87. The Labute approximate surface area is 135 Å². The molecule has 1 heterocycles. The topological polar surface area (TPSA) is 34.9 Å². The molecule has 1 aromatic heterocycles. The van der Waals surface area contributed by atoms with Crippen molar-refractivity contribution in [3.8, 4) is 0 Å². The van der Waals surface area contributed by atoms with E-state index in [4.69, 9.17) is 11.6 Å². The summed E-state index contributed by atoms with van der Waals surface area (Å²) in [6.45, 7) is 0.464. The third-order valence-electron chi connectivity index (χ3n) is 3.31. The van der Waals surface area contributed by atoms with Crippen LogP contribution in [-0.2, 0) is 12.4 Å². The first-order chi connectivity index (χ1) is 10.2. The van der Waals surface area contributed by atoms with Gasteiger partial charge in [-0.2, -0.15) is 0 Å². The highest BCUT2D eigenvalue weighted by molar-refractivity contribution is 9.10. The molecule has 0 aliphatic carbocycles. The van der Waals surface area contributed by atoms with Gasteiger partial charge in [-0.3, -0.25) is 9.36 Å². The number of fused-ring (bicyclic) bond motifs is 1. The predicted molar refractivity (Wildman–Crippen MR) is 88.8 cm³/mol. The van der Waals surface area contributed by atoms with Gasteiger partial charge >= 0.3 is 0 Å². The summed E-state index contributed by atoms with van der Waals surface area (Å²) in [4.78, 5) is 17.1. The largest absolute Gasteiger partial charge is 0.291 e. The smallest absolute Gasteiger partial charge is 0.261 e. The van der Waals surface area contributed by atoms with Gasteiger partial charge in [0.1, 0.15) is 5.82 Å². The summed E-state index contributed by atoms with van der Waals surface area (Å²) in [6.07, 6.45) is 0. The van der Waals surface area contributed by atoms with Crippen LogP contribution in [0.3, 0.4) is 0 Å². The van der Waals surface area contributed by atoms with Crippen molar-refractivity contribution < 1.29 is 0 Å². The Bertz CT molecular complexity index is 843. The number of benzene rings is 2. The van der Waals surface area contributed by atoms with E-state index in [1.54, 1.807) is 10.6 Å². The Balaban J connectivity index is 2.14.